The van der Waals surface area contributed by atoms with Crippen molar-refractivity contribution >= 4 is 34.7 Å². The first kappa shape index (κ1) is 15.4. The lowest BCUT2D eigenvalue weighted by Gasteiger charge is -2.09. The number of para-hydroxylation sites is 1. The SMILES string of the molecule is CNC(=O)CCn1c(SCC(=O)O)nc2cccc(C)c21. The quantitative estimate of drug-likeness (QED) is 0.793. The van der Waals surface area contributed by atoms with Crippen LogP contribution in [-0.4, -0.2) is 39.3 Å². The average Bonchev–Trinajstić information content (AvgIpc) is 2.81. The third kappa shape index (κ3) is 3.55. The van der Waals surface area contributed by atoms with Gasteiger partial charge >= 0.3 is 5.97 Å². The van der Waals surface area contributed by atoms with Crippen LogP contribution in [0.25, 0.3) is 11.0 Å². The summed E-state index contributed by atoms with van der Waals surface area (Å²) in [5.74, 6) is -0.997. The zero-order chi connectivity index (χ0) is 15.4. The minimum absolute atomic E-state index is 0.0532. The van der Waals surface area contributed by atoms with E-state index in [1.54, 1.807) is 7.05 Å². The van der Waals surface area contributed by atoms with Crippen LogP contribution in [0.5, 0.6) is 0 Å². The van der Waals surface area contributed by atoms with Crippen LogP contribution >= 0.6 is 11.8 Å². The molecule has 2 N–H and O–H groups in total. The summed E-state index contributed by atoms with van der Waals surface area (Å²) in [4.78, 5) is 26.7. The fraction of sp³-hybridized carbons (Fsp3) is 0.357. The van der Waals surface area contributed by atoms with Gasteiger partial charge in [-0.05, 0) is 18.6 Å². The largest absolute Gasteiger partial charge is 0.481 e. The van der Waals surface area contributed by atoms with Crippen LogP contribution in [0, 0.1) is 6.92 Å². The predicted molar refractivity (Wildman–Crippen MR) is 81.5 cm³/mol. The molecule has 0 unspecified atom stereocenters. The normalized spacial score (nSPS) is 10.8. The molecule has 1 heterocycles. The average molecular weight is 307 g/mol. The number of benzene rings is 1. The lowest BCUT2D eigenvalue weighted by molar-refractivity contribution is -0.134. The molecule has 1 aromatic heterocycles. The number of hydrogen-bond donors (Lipinski definition) is 2. The third-order valence-corrected chi connectivity index (χ3v) is 4.06. The van der Waals surface area contributed by atoms with E-state index in [2.05, 4.69) is 10.3 Å². The monoisotopic (exact) mass is 307 g/mol. The summed E-state index contributed by atoms with van der Waals surface area (Å²) >= 11 is 1.17. The molecule has 0 atom stereocenters. The second-order valence-corrected chi connectivity index (χ2v) is 5.54. The van der Waals surface area contributed by atoms with Gasteiger partial charge in [-0.15, -0.1) is 0 Å². The molecular weight excluding hydrogens is 290 g/mol. The van der Waals surface area contributed by atoms with Crippen molar-refractivity contribution in [3.63, 3.8) is 0 Å². The molecule has 112 valence electrons. The number of amides is 1. The minimum Gasteiger partial charge on any atom is -0.481 e. The number of nitrogens with zero attached hydrogens (tertiary/aromatic N) is 2. The lowest BCUT2D eigenvalue weighted by atomic mass is 10.2. The molecule has 6 nitrogen and oxygen atoms in total. The number of nitrogens with one attached hydrogen (secondary N) is 1. The molecule has 21 heavy (non-hydrogen) atoms. The van der Waals surface area contributed by atoms with Gasteiger partial charge in [0.05, 0.1) is 16.8 Å². The van der Waals surface area contributed by atoms with Crippen molar-refractivity contribution in [2.45, 2.75) is 25.0 Å². The Morgan fingerprint density at radius 2 is 2.19 bits per heavy atom. The Bertz CT molecular complexity index is 681. The van der Waals surface area contributed by atoms with Gasteiger partial charge < -0.3 is 15.0 Å². The molecule has 0 aliphatic heterocycles. The first-order valence-electron chi connectivity index (χ1n) is 6.54. The Morgan fingerprint density at radius 1 is 1.43 bits per heavy atom. The molecule has 0 aliphatic rings. The Labute approximate surface area is 126 Å². The van der Waals surface area contributed by atoms with E-state index in [0.29, 0.717) is 18.1 Å². The lowest BCUT2D eigenvalue weighted by Crippen LogP contribution is -2.19. The Morgan fingerprint density at radius 3 is 2.86 bits per heavy atom. The fourth-order valence-corrected chi connectivity index (χ4v) is 2.88. The summed E-state index contributed by atoms with van der Waals surface area (Å²) in [6.45, 7) is 2.45. The van der Waals surface area contributed by atoms with Gasteiger partial charge in [0.1, 0.15) is 0 Å². The second kappa shape index (κ2) is 6.62. The summed E-state index contributed by atoms with van der Waals surface area (Å²) in [7, 11) is 1.60. The molecule has 1 aromatic carbocycles. The van der Waals surface area contributed by atoms with E-state index in [0.717, 1.165) is 16.6 Å². The number of imidazole rings is 1. The van der Waals surface area contributed by atoms with E-state index in [4.69, 9.17) is 5.11 Å². The summed E-state index contributed by atoms with van der Waals surface area (Å²) < 4.78 is 1.92. The molecule has 7 heteroatoms. The molecule has 1 amide bonds. The Hall–Kier alpha value is -2.02. The van der Waals surface area contributed by atoms with Gasteiger partial charge in [-0.1, -0.05) is 23.9 Å². The van der Waals surface area contributed by atoms with E-state index >= 15 is 0 Å². The van der Waals surface area contributed by atoms with Crippen LogP contribution in [-0.2, 0) is 16.1 Å². The Balaban J connectivity index is 2.38. The number of carbonyl (C=O) groups is 2. The van der Waals surface area contributed by atoms with Crippen LogP contribution in [0.15, 0.2) is 23.4 Å². The van der Waals surface area contributed by atoms with Crippen molar-refractivity contribution in [1.29, 1.82) is 0 Å². The Kier molecular flexibility index (Phi) is 4.85. The van der Waals surface area contributed by atoms with Crippen LogP contribution in [0.3, 0.4) is 0 Å². The van der Waals surface area contributed by atoms with Gasteiger partial charge in [-0.25, -0.2) is 4.98 Å². The van der Waals surface area contributed by atoms with E-state index < -0.39 is 5.97 Å². The van der Waals surface area contributed by atoms with Crippen molar-refractivity contribution in [3.05, 3.63) is 23.8 Å². The van der Waals surface area contributed by atoms with E-state index in [-0.39, 0.29) is 11.7 Å². The molecular formula is C14H17N3O3S. The summed E-state index contributed by atoms with van der Waals surface area (Å²) in [5, 5.41) is 12.0. The number of aryl methyl sites for hydroxylation is 2. The number of thioether (sulfide) groups is 1. The van der Waals surface area contributed by atoms with Gasteiger partial charge in [-0.3, -0.25) is 9.59 Å². The zero-order valence-electron chi connectivity index (χ0n) is 11.9. The van der Waals surface area contributed by atoms with Gasteiger partial charge in [0.2, 0.25) is 5.91 Å². The van der Waals surface area contributed by atoms with Gasteiger partial charge in [0.25, 0.3) is 0 Å². The first-order valence-corrected chi connectivity index (χ1v) is 7.52. The van der Waals surface area contributed by atoms with E-state index in [9.17, 15) is 9.59 Å². The number of carboxylic acids is 1. The van der Waals surface area contributed by atoms with Crippen molar-refractivity contribution in [2.24, 2.45) is 0 Å². The topological polar surface area (TPSA) is 84.2 Å². The third-order valence-electron chi connectivity index (χ3n) is 3.10. The van der Waals surface area contributed by atoms with Crippen molar-refractivity contribution in [1.82, 2.24) is 14.9 Å². The molecule has 0 bridgehead atoms. The minimum atomic E-state index is -0.887. The highest BCUT2D eigenvalue weighted by Gasteiger charge is 2.15. The van der Waals surface area contributed by atoms with Crippen molar-refractivity contribution in [2.75, 3.05) is 12.8 Å². The highest BCUT2D eigenvalue weighted by atomic mass is 32.2. The van der Waals surface area contributed by atoms with Gasteiger partial charge in [0, 0.05) is 20.0 Å². The molecule has 0 radical (unpaired) electrons. The maximum absolute atomic E-state index is 11.5. The van der Waals surface area contributed by atoms with Gasteiger partial charge in [0.15, 0.2) is 5.16 Å². The second-order valence-electron chi connectivity index (χ2n) is 4.59. The number of rotatable bonds is 6. The highest BCUT2D eigenvalue weighted by Crippen LogP contribution is 2.26. The maximum atomic E-state index is 11.5. The smallest absolute Gasteiger partial charge is 0.313 e. The van der Waals surface area contributed by atoms with Crippen LogP contribution in [0.4, 0.5) is 0 Å². The number of aromatic nitrogens is 2. The molecule has 0 aliphatic carbocycles. The fourth-order valence-electron chi connectivity index (χ4n) is 2.13. The molecule has 2 aromatic rings. The maximum Gasteiger partial charge on any atom is 0.313 e. The van der Waals surface area contributed by atoms with E-state index in [1.807, 2.05) is 29.7 Å². The molecule has 0 saturated carbocycles. The van der Waals surface area contributed by atoms with Crippen molar-refractivity contribution < 1.29 is 14.7 Å². The standard InChI is InChI=1S/C14H17N3O3S/c1-9-4-3-5-10-13(9)17(7-6-11(18)15-2)14(16-10)21-8-12(19)20/h3-5H,6-8H2,1-2H3,(H,15,18)(H,19,20). The highest BCUT2D eigenvalue weighted by molar-refractivity contribution is 7.99. The number of fused-ring (bicyclic) bond motifs is 1. The van der Waals surface area contributed by atoms with Crippen molar-refractivity contribution in [3.8, 4) is 0 Å². The summed E-state index contributed by atoms with van der Waals surface area (Å²) in [6, 6.07) is 5.79. The van der Waals surface area contributed by atoms with Crippen LogP contribution in [0.2, 0.25) is 0 Å². The first-order chi connectivity index (χ1) is 10.0. The van der Waals surface area contributed by atoms with Crippen LogP contribution in [0.1, 0.15) is 12.0 Å². The van der Waals surface area contributed by atoms with E-state index in [1.165, 1.54) is 11.8 Å². The number of carboxylic acid groups (broad SMARTS) is 1. The molecule has 0 saturated heterocycles. The van der Waals surface area contributed by atoms with Crippen LogP contribution < -0.4 is 5.32 Å². The summed E-state index contributed by atoms with van der Waals surface area (Å²) in [6.07, 6.45) is 0.330. The predicted octanol–water partition coefficient (Wildman–Crippen LogP) is 1.66. The zero-order valence-corrected chi connectivity index (χ0v) is 12.7. The molecule has 0 spiro atoms. The summed E-state index contributed by atoms with van der Waals surface area (Å²) in [5.41, 5.74) is 2.83. The number of aliphatic carboxylic acids is 1. The van der Waals surface area contributed by atoms with Gasteiger partial charge in [-0.2, -0.15) is 0 Å². The molecule has 0 fully saturated rings. The number of carbonyl (C=O) groups excluding carboxylic acids is 1. The molecule has 2 rings (SSSR count). The number of hydrogen-bond acceptors (Lipinski definition) is 4.